The largest absolute Gasteiger partial charge is 0.410 e. The molecule has 7 heteroatoms. The summed E-state index contributed by atoms with van der Waals surface area (Å²) in [7, 11) is -0.205. The van der Waals surface area contributed by atoms with E-state index in [0.29, 0.717) is 12.6 Å². The molecule has 1 saturated heterocycles. The molecule has 0 spiro atoms. The van der Waals surface area contributed by atoms with E-state index in [4.69, 9.17) is 9.31 Å². The van der Waals surface area contributed by atoms with E-state index in [2.05, 4.69) is 0 Å². The van der Waals surface area contributed by atoms with Crippen molar-refractivity contribution in [2.75, 3.05) is 0 Å². The maximum absolute atomic E-state index is 13.2. The second-order valence-electron chi connectivity index (χ2n) is 6.05. The zero-order valence-corrected chi connectivity index (χ0v) is 12.0. The Hall–Kier alpha value is -0.940. The van der Waals surface area contributed by atoms with Crippen LogP contribution in [-0.4, -0.2) is 25.4 Å². The smallest absolute Gasteiger partial charge is 0.409 e. The highest BCUT2D eigenvalue weighted by molar-refractivity contribution is 7.12. The molecule has 1 aliphatic rings. The van der Waals surface area contributed by atoms with Crippen molar-refractivity contribution >= 4 is 19.6 Å². The van der Waals surface area contributed by atoms with Crippen molar-refractivity contribution in [2.45, 2.75) is 45.3 Å². The molecule has 1 aromatic carbocycles. The highest BCUT2D eigenvalue weighted by atomic mass is 19.3. The first-order valence-corrected chi connectivity index (χ1v) is 6.54. The van der Waals surface area contributed by atoms with Gasteiger partial charge in [-0.1, -0.05) is 17.6 Å². The summed E-state index contributed by atoms with van der Waals surface area (Å²) in [6.45, 7) is 7.68. The van der Waals surface area contributed by atoms with Crippen molar-refractivity contribution in [2.24, 2.45) is 0 Å². The molecule has 0 atom stereocenters. The lowest BCUT2D eigenvalue weighted by Crippen LogP contribution is -2.41. The summed E-state index contributed by atoms with van der Waals surface area (Å²) in [5, 5.41) is 0. The van der Waals surface area contributed by atoms with Crippen molar-refractivity contribution in [3.8, 4) is 0 Å². The molecule has 1 aromatic rings. The van der Waals surface area contributed by atoms with Crippen LogP contribution in [-0.2, 0) is 9.31 Å². The molecule has 2 rings (SSSR count). The van der Waals surface area contributed by atoms with Crippen molar-refractivity contribution < 1.29 is 22.5 Å². The summed E-state index contributed by atoms with van der Waals surface area (Å²) in [5.74, 6) is -0.891. The van der Waals surface area contributed by atoms with Gasteiger partial charge < -0.3 is 9.31 Å². The Morgan fingerprint density at radius 2 is 1.65 bits per heavy atom. The molecular weight excluding hydrogens is 267 g/mol. The number of halogens is 3. The third kappa shape index (κ3) is 2.88. The number of benzene rings is 1. The van der Waals surface area contributed by atoms with Crippen LogP contribution in [0.2, 0.25) is 0 Å². The fourth-order valence-electron chi connectivity index (χ4n) is 2.13. The lowest BCUT2D eigenvalue weighted by Gasteiger charge is -2.32. The van der Waals surface area contributed by atoms with Gasteiger partial charge in [0.1, 0.15) is 5.82 Å². The van der Waals surface area contributed by atoms with E-state index in [0.717, 1.165) is 6.07 Å². The quantitative estimate of drug-likeness (QED) is 0.793. The molecule has 108 valence electrons. The van der Waals surface area contributed by atoms with Crippen LogP contribution in [0.15, 0.2) is 18.2 Å². The van der Waals surface area contributed by atoms with Gasteiger partial charge in [0.05, 0.1) is 16.8 Å². The number of hydrogen-bond donors (Lipinski definition) is 0. The van der Waals surface area contributed by atoms with Crippen LogP contribution >= 0.6 is 0 Å². The predicted octanol–water partition coefficient (Wildman–Crippen LogP) is 2.41. The summed E-state index contributed by atoms with van der Waals surface area (Å²) in [4.78, 5) is 0. The molecule has 0 radical (unpaired) electrons. The lowest BCUT2D eigenvalue weighted by molar-refractivity contribution is 0.00578. The second kappa shape index (κ2) is 5.11. The van der Waals surface area contributed by atoms with Crippen LogP contribution < -0.4 is 5.46 Å². The van der Waals surface area contributed by atoms with E-state index >= 15 is 0 Å². The molecule has 0 aromatic heterocycles. The average Bonchev–Trinajstić information content (AvgIpc) is 2.49. The molecule has 1 heterocycles. The van der Waals surface area contributed by atoms with Crippen molar-refractivity contribution in [1.29, 1.82) is 0 Å². The van der Waals surface area contributed by atoms with Gasteiger partial charge >= 0.3 is 7.01 Å². The van der Waals surface area contributed by atoms with Gasteiger partial charge in [-0.25, -0.2) is 13.2 Å². The second-order valence-corrected chi connectivity index (χ2v) is 6.05. The van der Waals surface area contributed by atoms with Crippen LogP contribution in [0.25, 0.3) is 0 Å². The maximum Gasteiger partial charge on any atom is 0.409 e. The van der Waals surface area contributed by atoms with E-state index in [9.17, 15) is 13.2 Å². The minimum Gasteiger partial charge on any atom is -0.410 e. The molecule has 20 heavy (non-hydrogen) atoms. The number of rotatable bonds is 3. The molecule has 1 fully saturated rings. The van der Waals surface area contributed by atoms with Crippen LogP contribution in [0.5, 0.6) is 0 Å². The van der Waals surface area contributed by atoms with E-state index in [-0.39, 0.29) is 0 Å². The van der Waals surface area contributed by atoms with Gasteiger partial charge in [0, 0.05) is 0 Å². The fourth-order valence-corrected chi connectivity index (χ4v) is 2.13. The van der Waals surface area contributed by atoms with Gasteiger partial charge in [-0.3, -0.25) is 0 Å². The van der Waals surface area contributed by atoms with Gasteiger partial charge in [-0.15, -0.1) is 0 Å². The Morgan fingerprint density at radius 1 is 1.10 bits per heavy atom. The van der Waals surface area contributed by atoms with Crippen molar-refractivity contribution in [1.82, 2.24) is 0 Å². The Morgan fingerprint density at radius 3 is 2.15 bits per heavy atom. The first-order chi connectivity index (χ1) is 9.12. The highest BCUT2D eigenvalue weighted by Crippen LogP contribution is 2.36. The minimum atomic E-state index is -2.83. The first-order valence-electron chi connectivity index (χ1n) is 6.54. The monoisotopic (exact) mass is 284 g/mol. The molecule has 0 aliphatic carbocycles. The molecule has 1 aliphatic heterocycles. The standard InChI is InChI=1S/C13H17B2F3O2/c1-12(2)13(3,4)20-15(19-12)14-8-5-6-10(16)9(7-8)11(17)18/h5-7,11,14H,1-4H3. The lowest BCUT2D eigenvalue weighted by atomic mass is 9.40. The predicted molar refractivity (Wildman–Crippen MR) is 74.2 cm³/mol. The maximum atomic E-state index is 13.2. The fraction of sp³-hybridized carbons (Fsp3) is 0.538. The van der Waals surface area contributed by atoms with Crippen molar-refractivity contribution in [3.63, 3.8) is 0 Å². The third-order valence-electron chi connectivity index (χ3n) is 4.00. The van der Waals surface area contributed by atoms with Crippen LogP contribution in [0.1, 0.15) is 39.7 Å². The summed E-state index contributed by atoms with van der Waals surface area (Å²) in [5.41, 5.74) is -0.953. The summed E-state index contributed by atoms with van der Waals surface area (Å²) in [6.07, 6.45) is -2.83. The van der Waals surface area contributed by atoms with E-state index in [1.54, 1.807) is 0 Å². The Labute approximate surface area is 118 Å². The van der Waals surface area contributed by atoms with Gasteiger partial charge in [-0.2, -0.15) is 0 Å². The SMILES string of the molecule is CC1(C)OB(Bc2ccc(F)c(C(F)F)c2)OC1(C)C. The van der Waals surface area contributed by atoms with Crippen LogP contribution in [0.4, 0.5) is 13.2 Å². The van der Waals surface area contributed by atoms with Crippen molar-refractivity contribution in [3.05, 3.63) is 29.6 Å². The molecular formula is C13H17B2F3O2. The summed E-state index contributed by atoms with van der Waals surface area (Å²) in [6, 6.07) is 3.71. The first kappa shape index (κ1) is 15.4. The normalized spacial score (nSPS) is 20.5. The zero-order valence-electron chi connectivity index (χ0n) is 12.0. The Balaban J connectivity index is 2.14. The minimum absolute atomic E-state index is 0.312. The zero-order chi connectivity index (χ0) is 15.1. The van der Waals surface area contributed by atoms with Gasteiger partial charge in [-0.05, 0) is 33.8 Å². The number of hydrogen-bond acceptors (Lipinski definition) is 2. The molecule has 0 unspecified atom stereocenters. The number of alkyl halides is 2. The van der Waals surface area contributed by atoms with Gasteiger partial charge in [0.25, 0.3) is 6.43 Å². The molecule has 0 saturated carbocycles. The third-order valence-corrected chi connectivity index (χ3v) is 4.00. The van der Waals surface area contributed by atoms with Gasteiger partial charge in [0.15, 0.2) is 0 Å². The summed E-state index contributed by atoms with van der Waals surface area (Å²) >= 11 is 0. The topological polar surface area (TPSA) is 18.5 Å². The van der Waals surface area contributed by atoms with Crippen LogP contribution in [0, 0.1) is 5.82 Å². The molecule has 0 N–H and O–H groups in total. The molecule has 0 amide bonds. The average molecular weight is 284 g/mol. The highest BCUT2D eigenvalue weighted by Gasteiger charge is 2.50. The van der Waals surface area contributed by atoms with Gasteiger partial charge in [0.2, 0.25) is 7.17 Å². The Kier molecular flexibility index (Phi) is 3.95. The van der Waals surface area contributed by atoms with Crippen LogP contribution in [0.3, 0.4) is 0 Å². The Bertz CT molecular complexity index is 490. The van der Waals surface area contributed by atoms with E-state index in [1.807, 2.05) is 27.7 Å². The molecule has 2 nitrogen and oxygen atoms in total. The molecule has 0 bridgehead atoms. The summed E-state index contributed by atoms with van der Waals surface area (Å²) < 4.78 is 50.2. The van der Waals surface area contributed by atoms with E-state index in [1.165, 1.54) is 12.1 Å². The van der Waals surface area contributed by atoms with E-state index < -0.39 is 36.0 Å².